The lowest BCUT2D eigenvalue weighted by Crippen LogP contribution is -2.40. The van der Waals surface area contributed by atoms with Crippen LogP contribution in [-0.4, -0.2) is 26.7 Å². The Kier molecular flexibility index (Phi) is 1.92. The van der Waals surface area contributed by atoms with Gasteiger partial charge in [-0.3, -0.25) is 4.40 Å². The third kappa shape index (κ3) is 1.30. The van der Waals surface area contributed by atoms with Crippen LogP contribution in [0.25, 0.3) is 5.65 Å². The molecule has 4 heteroatoms. The van der Waals surface area contributed by atoms with E-state index in [0.717, 1.165) is 11.6 Å². The first kappa shape index (κ1) is 9.45. The Morgan fingerprint density at radius 1 is 1.00 bits per heavy atom. The van der Waals surface area contributed by atoms with E-state index >= 15 is 0 Å². The molecule has 0 amide bonds. The van der Waals surface area contributed by atoms with Crippen molar-refractivity contribution < 1.29 is 0 Å². The minimum atomic E-state index is 0.696. The zero-order chi connectivity index (χ0) is 11.2. The maximum Gasteiger partial charge on any atom is 0.232 e. The fourth-order valence-electron chi connectivity index (χ4n) is 3.45. The maximum atomic E-state index is 4.40. The second kappa shape index (κ2) is 3.45. The van der Waals surface area contributed by atoms with Gasteiger partial charge in [-0.05, 0) is 44.2 Å². The Morgan fingerprint density at radius 3 is 2.65 bits per heavy atom. The lowest BCUT2D eigenvalue weighted by atomic mass is 10.0. The van der Waals surface area contributed by atoms with Gasteiger partial charge in [0.25, 0.3) is 0 Å². The Morgan fingerprint density at radius 2 is 1.82 bits per heavy atom. The van der Waals surface area contributed by atoms with Gasteiger partial charge in [0.2, 0.25) is 5.95 Å². The van der Waals surface area contributed by atoms with E-state index in [-0.39, 0.29) is 0 Å². The fraction of sp³-hybridized carbons (Fsp3) is 0.538. The van der Waals surface area contributed by atoms with Gasteiger partial charge in [-0.15, -0.1) is 10.2 Å². The van der Waals surface area contributed by atoms with Gasteiger partial charge in [0, 0.05) is 18.3 Å². The van der Waals surface area contributed by atoms with Crippen LogP contribution in [0.5, 0.6) is 0 Å². The normalized spacial score (nSPS) is 27.9. The summed E-state index contributed by atoms with van der Waals surface area (Å²) >= 11 is 0. The predicted octanol–water partition coefficient (Wildman–Crippen LogP) is 2.25. The second-order valence-electron chi connectivity index (χ2n) is 5.15. The highest BCUT2D eigenvalue weighted by molar-refractivity contribution is 5.48. The van der Waals surface area contributed by atoms with Crippen molar-refractivity contribution in [3.05, 3.63) is 24.4 Å². The van der Waals surface area contributed by atoms with Gasteiger partial charge in [-0.2, -0.15) is 0 Å². The molecule has 4 nitrogen and oxygen atoms in total. The lowest BCUT2D eigenvalue weighted by molar-refractivity contribution is 0.459. The summed E-state index contributed by atoms with van der Waals surface area (Å²) in [7, 11) is 0. The van der Waals surface area contributed by atoms with Crippen molar-refractivity contribution in [1.29, 1.82) is 0 Å². The molecule has 0 N–H and O–H groups in total. The highest BCUT2D eigenvalue weighted by Crippen LogP contribution is 2.38. The number of anilines is 1. The van der Waals surface area contributed by atoms with Gasteiger partial charge in [-0.25, -0.2) is 0 Å². The minimum Gasteiger partial charge on any atom is -0.335 e. The predicted molar refractivity (Wildman–Crippen MR) is 66.1 cm³/mol. The quantitative estimate of drug-likeness (QED) is 0.750. The van der Waals surface area contributed by atoms with Crippen molar-refractivity contribution in [3.63, 3.8) is 0 Å². The summed E-state index contributed by atoms with van der Waals surface area (Å²) in [6.45, 7) is 0. The average Bonchev–Trinajstić information content (AvgIpc) is 2.87. The number of hydrogen-bond donors (Lipinski definition) is 0. The van der Waals surface area contributed by atoms with Crippen molar-refractivity contribution in [1.82, 2.24) is 14.6 Å². The number of piperidine rings is 1. The summed E-state index contributed by atoms with van der Waals surface area (Å²) in [5.41, 5.74) is 0.951. The largest absolute Gasteiger partial charge is 0.335 e. The molecule has 0 aromatic carbocycles. The first-order valence-electron chi connectivity index (χ1n) is 6.51. The summed E-state index contributed by atoms with van der Waals surface area (Å²) in [6, 6.07) is 7.47. The molecule has 0 aliphatic carbocycles. The van der Waals surface area contributed by atoms with Gasteiger partial charge in [0.1, 0.15) is 0 Å². The molecule has 2 aromatic heterocycles. The number of rotatable bonds is 1. The summed E-state index contributed by atoms with van der Waals surface area (Å²) < 4.78 is 2.12. The highest BCUT2D eigenvalue weighted by atomic mass is 15.4. The fourth-order valence-corrected chi connectivity index (χ4v) is 3.45. The van der Waals surface area contributed by atoms with Crippen molar-refractivity contribution in [2.24, 2.45) is 0 Å². The van der Waals surface area contributed by atoms with Crippen LogP contribution in [0.1, 0.15) is 32.1 Å². The Labute approximate surface area is 100 Å². The molecule has 2 aromatic rings. The molecule has 2 saturated heterocycles. The first-order chi connectivity index (χ1) is 8.43. The van der Waals surface area contributed by atoms with Crippen molar-refractivity contribution in [2.45, 2.75) is 44.2 Å². The molecule has 0 spiro atoms. The van der Waals surface area contributed by atoms with Crippen molar-refractivity contribution in [3.8, 4) is 0 Å². The van der Waals surface area contributed by atoms with Crippen LogP contribution < -0.4 is 4.90 Å². The lowest BCUT2D eigenvalue weighted by Gasteiger charge is -2.34. The molecule has 2 fully saturated rings. The molecule has 0 radical (unpaired) electrons. The molecular weight excluding hydrogens is 212 g/mol. The number of hydrogen-bond acceptors (Lipinski definition) is 3. The minimum absolute atomic E-state index is 0.696. The number of pyridine rings is 1. The highest BCUT2D eigenvalue weighted by Gasteiger charge is 2.38. The molecule has 0 saturated carbocycles. The van der Waals surface area contributed by atoms with Crippen LogP contribution >= 0.6 is 0 Å². The smallest absolute Gasteiger partial charge is 0.232 e. The summed E-state index contributed by atoms with van der Waals surface area (Å²) in [5, 5.41) is 8.66. The third-order valence-corrected chi connectivity index (χ3v) is 4.22. The summed E-state index contributed by atoms with van der Waals surface area (Å²) in [5.74, 6) is 1.05. The summed E-state index contributed by atoms with van der Waals surface area (Å²) in [4.78, 5) is 2.52. The van der Waals surface area contributed by atoms with Crippen LogP contribution in [0.3, 0.4) is 0 Å². The molecule has 2 aliphatic heterocycles. The van der Waals surface area contributed by atoms with Crippen LogP contribution in [0, 0.1) is 0 Å². The molecule has 2 atom stereocenters. The molecule has 2 unspecified atom stereocenters. The van der Waals surface area contributed by atoms with Crippen LogP contribution in [-0.2, 0) is 0 Å². The molecule has 17 heavy (non-hydrogen) atoms. The maximum absolute atomic E-state index is 4.40. The zero-order valence-electron chi connectivity index (χ0n) is 9.79. The van der Waals surface area contributed by atoms with Crippen LogP contribution in [0.2, 0.25) is 0 Å². The van der Waals surface area contributed by atoms with Gasteiger partial charge < -0.3 is 4.90 Å². The van der Waals surface area contributed by atoms with Gasteiger partial charge in [0.05, 0.1) is 0 Å². The van der Waals surface area contributed by atoms with E-state index in [4.69, 9.17) is 0 Å². The Hall–Kier alpha value is -1.58. The van der Waals surface area contributed by atoms with E-state index < -0.39 is 0 Å². The third-order valence-electron chi connectivity index (χ3n) is 4.22. The second-order valence-corrected chi connectivity index (χ2v) is 5.15. The number of fused-ring (bicyclic) bond motifs is 3. The molecule has 4 heterocycles. The zero-order valence-corrected chi connectivity index (χ0v) is 9.79. The van der Waals surface area contributed by atoms with Gasteiger partial charge >= 0.3 is 0 Å². The number of nitrogens with zero attached hydrogens (tertiary/aromatic N) is 4. The van der Waals surface area contributed by atoms with Gasteiger partial charge in [-0.1, -0.05) is 6.07 Å². The molecule has 2 aliphatic rings. The van der Waals surface area contributed by atoms with E-state index in [1.807, 2.05) is 18.2 Å². The molecule has 4 rings (SSSR count). The monoisotopic (exact) mass is 228 g/mol. The Balaban J connectivity index is 1.84. The topological polar surface area (TPSA) is 33.4 Å². The van der Waals surface area contributed by atoms with E-state index in [9.17, 15) is 0 Å². The SMILES string of the molecule is c1ccn2c(N3C4CCCC3CC4)nnc2c1. The van der Waals surface area contributed by atoms with Gasteiger partial charge in [0.15, 0.2) is 5.65 Å². The molecule has 88 valence electrons. The standard InChI is InChI=1S/C13H16N4/c1-2-9-16-12(6-1)14-15-13(16)17-10-4-3-5-11(17)8-7-10/h1-2,6,9-11H,3-5,7-8H2. The van der Waals surface area contributed by atoms with Crippen molar-refractivity contribution >= 4 is 11.6 Å². The van der Waals surface area contributed by atoms with Crippen LogP contribution in [0.15, 0.2) is 24.4 Å². The molecule has 2 bridgehead atoms. The molecular formula is C13H16N4. The van der Waals surface area contributed by atoms with E-state index in [1.165, 1.54) is 32.1 Å². The first-order valence-corrected chi connectivity index (χ1v) is 6.51. The summed E-state index contributed by atoms with van der Waals surface area (Å²) in [6.07, 6.45) is 8.73. The van der Waals surface area contributed by atoms with E-state index in [1.54, 1.807) is 0 Å². The number of aromatic nitrogens is 3. The van der Waals surface area contributed by atoms with E-state index in [0.29, 0.717) is 12.1 Å². The van der Waals surface area contributed by atoms with Crippen molar-refractivity contribution in [2.75, 3.05) is 4.90 Å². The average molecular weight is 228 g/mol. The van der Waals surface area contributed by atoms with Crippen LogP contribution in [0.4, 0.5) is 5.95 Å². The Bertz CT molecular complexity index is 531. The van der Waals surface area contributed by atoms with E-state index in [2.05, 4.69) is 25.7 Å².